The van der Waals surface area contributed by atoms with Crippen LogP contribution in [0.1, 0.15) is 18.4 Å². The van der Waals surface area contributed by atoms with Crippen LogP contribution < -0.4 is 4.90 Å². The molecule has 0 amide bonds. The summed E-state index contributed by atoms with van der Waals surface area (Å²) in [5.41, 5.74) is 1.62. The monoisotopic (exact) mass is 301 g/mol. The quantitative estimate of drug-likeness (QED) is 0.860. The van der Waals surface area contributed by atoms with Crippen LogP contribution in [0.25, 0.3) is 0 Å². The van der Waals surface area contributed by atoms with E-state index >= 15 is 0 Å². The Labute approximate surface area is 128 Å². The molecule has 1 heterocycles. The van der Waals surface area contributed by atoms with Crippen molar-refractivity contribution in [3.8, 4) is 0 Å². The van der Waals surface area contributed by atoms with Crippen LogP contribution in [0, 0.1) is 11.6 Å². The minimum Gasteiger partial charge on any atom is -0.367 e. The average Bonchev–Trinajstić information content (AvgIpc) is 2.47. The molecule has 1 saturated heterocycles. The van der Waals surface area contributed by atoms with E-state index in [0.717, 1.165) is 11.6 Å². The van der Waals surface area contributed by atoms with Gasteiger partial charge in [-0.2, -0.15) is 0 Å². The molecule has 0 N–H and O–H groups in total. The predicted molar refractivity (Wildman–Crippen MR) is 81.9 cm³/mol. The second-order valence-corrected chi connectivity index (χ2v) is 5.66. The Kier molecular flexibility index (Phi) is 4.18. The highest BCUT2D eigenvalue weighted by molar-refractivity contribution is 5.81. The second kappa shape index (κ2) is 6.26. The number of halogens is 2. The lowest BCUT2D eigenvalue weighted by Crippen LogP contribution is -2.44. The van der Waals surface area contributed by atoms with E-state index in [9.17, 15) is 13.6 Å². The van der Waals surface area contributed by atoms with Crippen LogP contribution in [0.3, 0.4) is 0 Å². The lowest BCUT2D eigenvalue weighted by Gasteiger charge is -2.37. The SMILES string of the molecule is O=C1CCN(c2cc(F)cc(F)c2)C(Cc2ccccc2)C1. The van der Waals surface area contributed by atoms with Crippen LogP contribution >= 0.6 is 0 Å². The first-order valence-electron chi connectivity index (χ1n) is 7.40. The molecule has 1 aliphatic rings. The van der Waals surface area contributed by atoms with Gasteiger partial charge in [0.25, 0.3) is 0 Å². The van der Waals surface area contributed by atoms with Crippen molar-refractivity contribution in [2.45, 2.75) is 25.3 Å². The minimum absolute atomic E-state index is 0.0650. The first kappa shape index (κ1) is 14.7. The van der Waals surface area contributed by atoms with Gasteiger partial charge in [0.05, 0.1) is 0 Å². The third-order valence-corrected chi connectivity index (χ3v) is 4.03. The van der Waals surface area contributed by atoms with Crippen molar-refractivity contribution in [2.24, 2.45) is 0 Å². The van der Waals surface area contributed by atoms with Crippen LogP contribution in [0.4, 0.5) is 14.5 Å². The third kappa shape index (κ3) is 3.32. The molecule has 114 valence electrons. The Morgan fingerprint density at radius 1 is 1.05 bits per heavy atom. The molecule has 0 saturated carbocycles. The first-order valence-corrected chi connectivity index (χ1v) is 7.40. The average molecular weight is 301 g/mol. The Morgan fingerprint density at radius 3 is 2.41 bits per heavy atom. The van der Waals surface area contributed by atoms with Crippen LogP contribution in [0.15, 0.2) is 48.5 Å². The molecular weight excluding hydrogens is 284 g/mol. The van der Waals surface area contributed by atoms with E-state index in [1.165, 1.54) is 12.1 Å². The van der Waals surface area contributed by atoms with E-state index in [4.69, 9.17) is 0 Å². The lowest BCUT2D eigenvalue weighted by atomic mass is 9.94. The van der Waals surface area contributed by atoms with Gasteiger partial charge >= 0.3 is 0 Å². The number of rotatable bonds is 3. The zero-order valence-electron chi connectivity index (χ0n) is 12.1. The van der Waals surface area contributed by atoms with E-state index < -0.39 is 11.6 Å². The van der Waals surface area contributed by atoms with Gasteiger partial charge in [-0.15, -0.1) is 0 Å². The first-order chi connectivity index (χ1) is 10.6. The summed E-state index contributed by atoms with van der Waals surface area (Å²) in [5.74, 6) is -0.982. The van der Waals surface area contributed by atoms with Crippen LogP contribution in [0.2, 0.25) is 0 Å². The summed E-state index contributed by atoms with van der Waals surface area (Å²) in [7, 11) is 0. The molecule has 2 aromatic rings. The Balaban J connectivity index is 1.88. The minimum atomic E-state index is -0.592. The largest absolute Gasteiger partial charge is 0.367 e. The molecule has 0 spiro atoms. The molecule has 0 aromatic heterocycles. The van der Waals surface area contributed by atoms with E-state index in [2.05, 4.69) is 0 Å². The number of piperidine rings is 1. The van der Waals surface area contributed by atoms with E-state index in [1.807, 2.05) is 35.2 Å². The van der Waals surface area contributed by atoms with Gasteiger partial charge < -0.3 is 4.90 Å². The number of hydrogen-bond acceptors (Lipinski definition) is 2. The van der Waals surface area contributed by atoms with Crippen LogP contribution in [-0.2, 0) is 11.2 Å². The van der Waals surface area contributed by atoms with Gasteiger partial charge in [-0.25, -0.2) is 8.78 Å². The molecule has 2 aromatic carbocycles. The summed E-state index contributed by atoms with van der Waals surface area (Å²) in [6.07, 6.45) is 1.52. The van der Waals surface area contributed by atoms with Crippen LogP contribution in [-0.4, -0.2) is 18.4 Å². The molecule has 1 atom stereocenters. The number of carbonyl (C=O) groups excluding carboxylic acids is 1. The van der Waals surface area contributed by atoms with Crippen molar-refractivity contribution in [3.05, 3.63) is 65.7 Å². The van der Waals surface area contributed by atoms with Gasteiger partial charge in [0.2, 0.25) is 0 Å². The van der Waals surface area contributed by atoms with Crippen molar-refractivity contribution in [1.82, 2.24) is 0 Å². The molecule has 22 heavy (non-hydrogen) atoms. The summed E-state index contributed by atoms with van der Waals surface area (Å²) in [4.78, 5) is 13.7. The molecule has 0 aliphatic carbocycles. The maximum Gasteiger partial charge on any atom is 0.136 e. The molecule has 1 aliphatic heterocycles. The van der Waals surface area contributed by atoms with Gasteiger partial charge in [-0.05, 0) is 24.1 Å². The highest BCUT2D eigenvalue weighted by atomic mass is 19.1. The topological polar surface area (TPSA) is 20.3 Å². The number of anilines is 1. The van der Waals surface area contributed by atoms with E-state index in [1.54, 1.807) is 0 Å². The van der Waals surface area contributed by atoms with Crippen molar-refractivity contribution in [3.63, 3.8) is 0 Å². The smallest absolute Gasteiger partial charge is 0.136 e. The molecule has 0 radical (unpaired) electrons. The summed E-state index contributed by atoms with van der Waals surface area (Å²) in [6.45, 7) is 0.499. The summed E-state index contributed by atoms with van der Waals surface area (Å²) >= 11 is 0. The number of nitrogens with zero attached hydrogens (tertiary/aromatic N) is 1. The van der Waals surface area contributed by atoms with Crippen molar-refractivity contribution >= 4 is 11.5 Å². The van der Waals surface area contributed by atoms with Gasteiger partial charge in [0, 0.05) is 37.2 Å². The standard InChI is InChI=1S/C18H17F2NO/c19-14-9-15(20)11-17(10-14)21-7-6-18(22)12-16(21)8-13-4-2-1-3-5-13/h1-5,9-11,16H,6-8,12H2. The number of ketones is 1. The number of hydrogen-bond donors (Lipinski definition) is 0. The Morgan fingerprint density at radius 2 is 1.73 bits per heavy atom. The fourth-order valence-corrected chi connectivity index (χ4v) is 3.02. The normalized spacial score (nSPS) is 18.5. The second-order valence-electron chi connectivity index (χ2n) is 5.66. The summed E-state index contributed by atoms with van der Waals surface area (Å²) < 4.78 is 27.0. The number of carbonyl (C=O) groups is 1. The molecule has 1 unspecified atom stereocenters. The van der Waals surface area contributed by atoms with Gasteiger partial charge in [0.15, 0.2) is 0 Å². The van der Waals surface area contributed by atoms with Crippen LogP contribution in [0.5, 0.6) is 0 Å². The molecule has 4 heteroatoms. The predicted octanol–water partition coefficient (Wildman–Crippen LogP) is 3.75. The van der Waals surface area contributed by atoms with Gasteiger partial charge in [-0.3, -0.25) is 4.79 Å². The molecule has 3 rings (SSSR count). The molecule has 2 nitrogen and oxygen atoms in total. The van der Waals surface area contributed by atoms with Gasteiger partial charge in [-0.1, -0.05) is 30.3 Å². The highest BCUT2D eigenvalue weighted by Gasteiger charge is 2.28. The van der Waals surface area contributed by atoms with Crippen molar-refractivity contribution < 1.29 is 13.6 Å². The number of benzene rings is 2. The zero-order chi connectivity index (χ0) is 15.5. The lowest BCUT2D eigenvalue weighted by molar-refractivity contribution is -0.120. The fourth-order valence-electron chi connectivity index (χ4n) is 3.02. The molecule has 1 fully saturated rings. The zero-order valence-corrected chi connectivity index (χ0v) is 12.1. The molecule has 0 bridgehead atoms. The van der Waals surface area contributed by atoms with E-state index in [0.29, 0.717) is 31.5 Å². The maximum absolute atomic E-state index is 13.5. The third-order valence-electron chi connectivity index (χ3n) is 4.03. The summed E-state index contributed by atoms with van der Waals surface area (Å²) in [5, 5.41) is 0. The van der Waals surface area contributed by atoms with Crippen molar-refractivity contribution in [2.75, 3.05) is 11.4 Å². The molecular formula is C18H17F2NO. The van der Waals surface area contributed by atoms with Crippen molar-refractivity contribution in [1.29, 1.82) is 0 Å². The van der Waals surface area contributed by atoms with Gasteiger partial charge in [0.1, 0.15) is 17.4 Å². The Bertz CT molecular complexity index is 652. The number of Topliss-reactive ketones (excluding diaryl/α,β-unsaturated/α-hetero) is 1. The fraction of sp³-hybridized carbons (Fsp3) is 0.278. The highest BCUT2D eigenvalue weighted by Crippen LogP contribution is 2.27. The maximum atomic E-state index is 13.5. The van der Waals surface area contributed by atoms with E-state index in [-0.39, 0.29) is 11.8 Å². The Hall–Kier alpha value is -2.23. The summed E-state index contributed by atoms with van der Waals surface area (Å²) in [6, 6.07) is 13.3.